The summed E-state index contributed by atoms with van der Waals surface area (Å²) in [6.07, 6.45) is 1.73. The second-order valence-corrected chi connectivity index (χ2v) is 7.85. The molecule has 0 amide bonds. The van der Waals surface area contributed by atoms with Gasteiger partial charge in [-0.1, -0.05) is 46.3 Å². The summed E-state index contributed by atoms with van der Waals surface area (Å²) in [5.74, 6) is 2.05. The molecule has 0 saturated heterocycles. The Bertz CT molecular complexity index is 1120. The zero-order chi connectivity index (χ0) is 21.1. The maximum Gasteiger partial charge on any atom is 0.232 e. The van der Waals surface area contributed by atoms with E-state index in [1.165, 1.54) is 0 Å². The SMILES string of the molecule is CCOc1ccccc1/C=C1\Oc2cc(OCc3ccc(Br)cc3)cc(C)c2C1=O. The van der Waals surface area contributed by atoms with E-state index >= 15 is 0 Å². The summed E-state index contributed by atoms with van der Waals surface area (Å²) in [5, 5.41) is 0. The van der Waals surface area contributed by atoms with Crippen molar-refractivity contribution in [3.63, 3.8) is 0 Å². The average molecular weight is 465 g/mol. The number of benzene rings is 3. The van der Waals surface area contributed by atoms with Crippen LogP contribution in [-0.4, -0.2) is 12.4 Å². The van der Waals surface area contributed by atoms with E-state index in [4.69, 9.17) is 14.2 Å². The van der Waals surface area contributed by atoms with Gasteiger partial charge >= 0.3 is 0 Å². The van der Waals surface area contributed by atoms with E-state index in [9.17, 15) is 4.79 Å². The van der Waals surface area contributed by atoms with Gasteiger partial charge in [0.25, 0.3) is 0 Å². The minimum Gasteiger partial charge on any atom is -0.493 e. The molecule has 152 valence electrons. The summed E-state index contributed by atoms with van der Waals surface area (Å²) in [5.41, 5.74) is 3.26. The lowest BCUT2D eigenvalue weighted by molar-refractivity contribution is 0.101. The van der Waals surface area contributed by atoms with Crippen LogP contribution < -0.4 is 14.2 Å². The third-order valence-electron chi connectivity index (χ3n) is 4.77. The van der Waals surface area contributed by atoms with Crippen molar-refractivity contribution in [2.24, 2.45) is 0 Å². The Morgan fingerprint density at radius 2 is 1.80 bits per heavy atom. The van der Waals surface area contributed by atoms with E-state index < -0.39 is 0 Å². The second kappa shape index (κ2) is 8.76. The number of halogens is 1. The number of fused-ring (bicyclic) bond motifs is 1. The van der Waals surface area contributed by atoms with E-state index in [1.54, 1.807) is 12.1 Å². The summed E-state index contributed by atoms with van der Waals surface area (Å²) in [6.45, 7) is 4.80. The van der Waals surface area contributed by atoms with E-state index in [2.05, 4.69) is 15.9 Å². The van der Waals surface area contributed by atoms with Crippen LogP contribution in [0.4, 0.5) is 0 Å². The second-order valence-electron chi connectivity index (χ2n) is 6.94. The standard InChI is InChI=1S/C25H21BrO4/c1-3-28-21-7-5-4-6-18(21)13-23-25(27)24-16(2)12-20(14-22(24)30-23)29-15-17-8-10-19(26)11-9-17/h4-14H,3,15H2,1-2H3/b23-13-. The minimum atomic E-state index is -0.131. The first kappa shape index (κ1) is 20.2. The van der Waals surface area contributed by atoms with Crippen molar-refractivity contribution in [1.82, 2.24) is 0 Å². The van der Waals surface area contributed by atoms with Crippen LogP contribution in [0.5, 0.6) is 17.2 Å². The van der Waals surface area contributed by atoms with Gasteiger partial charge in [-0.25, -0.2) is 0 Å². The van der Waals surface area contributed by atoms with Gasteiger partial charge in [0, 0.05) is 16.1 Å². The van der Waals surface area contributed by atoms with Crippen molar-refractivity contribution < 1.29 is 19.0 Å². The smallest absolute Gasteiger partial charge is 0.232 e. The number of allylic oxidation sites excluding steroid dienone is 1. The van der Waals surface area contributed by atoms with Gasteiger partial charge in [0.05, 0.1) is 12.2 Å². The van der Waals surface area contributed by atoms with Gasteiger partial charge in [0.1, 0.15) is 23.9 Å². The fraction of sp³-hybridized carbons (Fsp3) is 0.160. The molecule has 30 heavy (non-hydrogen) atoms. The molecule has 1 aliphatic heterocycles. The quantitative estimate of drug-likeness (QED) is 0.398. The number of Topliss-reactive ketones (excluding diaryl/α,β-unsaturated/α-hetero) is 1. The van der Waals surface area contributed by atoms with E-state index in [-0.39, 0.29) is 11.5 Å². The number of ketones is 1. The molecule has 0 radical (unpaired) electrons. The van der Waals surface area contributed by atoms with Gasteiger partial charge in [0.15, 0.2) is 5.76 Å². The molecule has 4 nitrogen and oxygen atoms in total. The average Bonchev–Trinajstić information content (AvgIpc) is 3.05. The van der Waals surface area contributed by atoms with E-state index in [1.807, 2.05) is 68.4 Å². The van der Waals surface area contributed by atoms with Gasteiger partial charge in [-0.2, -0.15) is 0 Å². The topological polar surface area (TPSA) is 44.8 Å². The Hall–Kier alpha value is -3.05. The first-order valence-electron chi connectivity index (χ1n) is 9.73. The fourth-order valence-electron chi connectivity index (χ4n) is 3.34. The predicted molar refractivity (Wildman–Crippen MR) is 120 cm³/mol. The number of hydrogen-bond acceptors (Lipinski definition) is 4. The molecule has 3 aromatic carbocycles. The number of ether oxygens (including phenoxy) is 3. The van der Waals surface area contributed by atoms with Crippen LogP contribution in [0.1, 0.15) is 34.0 Å². The van der Waals surface area contributed by atoms with Crippen LogP contribution in [0.15, 0.2) is 70.9 Å². The normalized spacial score (nSPS) is 13.8. The summed E-state index contributed by atoms with van der Waals surface area (Å²) in [7, 11) is 0. The number of hydrogen-bond donors (Lipinski definition) is 0. The number of rotatable bonds is 6. The molecule has 5 heteroatoms. The zero-order valence-electron chi connectivity index (χ0n) is 16.8. The van der Waals surface area contributed by atoms with Gasteiger partial charge in [-0.05, 0) is 55.3 Å². The molecule has 1 heterocycles. The van der Waals surface area contributed by atoms with Crippen LogP contribution >= 0.6 is 15.9 Å². The number of carbonyl (C=O) groups excluding carboxylic acids is 1. The Balaban J connectivity index is 1.57. The number of aryl methyl sites for hydroxylation is 1. The lowest BCUT2D eigenvalue weighted by Gasteiger charge is -2.09. The van der Waals surface area contributed by atoms with Gasteiger partial charge < -0.3 is 14.2 Å². The summed E-state index contributed by atoms with van der Waals surface area (Å²) < 4.78 is 18.5. The van der Waals surface area contributed by atoms with Crippen LogP contribution in [0, 0.1) is 6.92 Å². The molecular weight excluding hydrogens is 444 g/mol. The molecule has 0 unspecified atom stereocenters. The molecule has 0 atom stereocenters. The maximum atomic E-state index is 12.9. The first-order valence-corrected chi connectivity index (χ1v) is 10.5. The van der Waals surface area contributed by atoms with Gasteiger partial charge in [-0.15, -0.1) is 0 Å². The summed E-state index contributed by atoms with van der Waals surface area (Å²) >= 11 is 3.43. The van der Waals surface area contributed by atoms with Crippen molar-refractivity contribution in [3.8, 4) is 17.2 Å². The highest BCUT2D eigenvalue weighted by Gasteiger charge is 2.30. The molecule has 0 fully saturated rings. The predicted octanol–water partition coefficient (Wildman–Crippen LogP) is 6.35. The van der Waals surface area contributed by atoms with Crippen molar-refractivity contribution >= 4 is 27.8 Å². The molecule has 0 saturated carbocycles. The third-order valence-corrected chi connectivity index (χ3v) is 5.30. The molecule has 3 aromatic rings. The molecular formula is C25H21BrO4. The van der Waals surface area contributed by atoms with E-state index in [0.717, 1.165) is 26.9 Å². The van der Waals surface area contributed by atoms with Crippen molar-refractivity contribution in [1.29, 1.82) is 0 Å². The molecule has 0 aromatic heterocycles. The highest BCUT2D eigenvalue weighted by Crippen LogP contribution is 2.38. The van der Waals surface area contributed by atoms with Crippen molar-refractivity contribution in [2.75, 3.05) is 6.61 Å². The van der Waals surface area contributed by atoms with Gasteiger partial charge in [-0.3, -0.25) is 4.79 Å². The Labute approximate surface area is 184 Å². The highest BCUT2D eigenvalue weighted by molar-refractivity contribution is 9.10. The molecule has 1 aliphatic rings. The number of para-hydroxylation sites is 1. The molecule has 4 rings (SSSR count). The minimum absolute atomic E-state index is 0.131. The third kappa shape index (κ3) is 4.26. The molecule has 0 N–H and O–H groups in total. The zero-order valence-corrected chi connectivity index (χ0v) is 18.4. The largest absolute Gasteiger partial charge is 0.493 e. The summed E-state index contributed by atoms with van der Waals surface area (Å²) in [6, 6.07) is 19.2. The van der Waals surface area contributed by atoms with Crippen LogP contribution in [0.3, 0.4) is 0 Å². The lowest BCUT2D eigenvalue weighted by atomic mass is 10.0. The fourth-order valence-corrected chi connectivity index (χ4v) is 3.60. The Morgan fingerprint density at radius 1 is 1.03 bits per heavy atom. The Kier molecular flexibility index (Phi) is 5.91. The molecule has 0 aliphatic carbocycles. The van der Waals surface area contributed by atoms with Gasteiger partial charge in [0.2, 0.25) is 5.78 Å². The highest BCUT2D eigenvalue weighted by atomic mass is 79.9. The van der Waals surface area contributed by atoms with Crippen LogP contribution in [0.2, 0.25) is 0 Å². The van der Waals surface area contributed by atoms with Crippen LogP contribution in [-0.2, 0) is 6.61 Å². The van der Waals surface area contributed by atoms with Crippen LogP contribution in [0.25, 0.3) is 6.08 Å². The van der Waals surface area contributed by atoms with Crippen molar-refractivity contribution in [3.05, 3.63) is 93.1 Å². The molecule has 0 spiro atoms. The maximum absolute atomic E-state index is 12.9. The summed E-state index contributed by atoms with van der Waals surface area (Å²) in [4.78, 5) is 12.9. The van der Waals surface area contributed by atoms with E-state index in [0.29, 0.717) is 30.3 Å². The monoisotopic (exact) mass is 464 g/mol. The molecule has 0 bridgehead atoms. The number of carbonyl (C=O) groups is 1. The van der Waals surface area contributed by atoms with Crippen molar-refractivity contribution in [2.45, 2.75) is 20.5 Å². The Morgan fingerprint density at radius 3 is 2.57 bits per heavy atom. The first-order chi connectivity index (χ1) is 14.5. The lowest BCUT2D eigenvalue weighted by Crippen LogP contribution is -2.01.